The second-order valence-electron chi connectivity index (χ2n) is 5.44. The molecule has 2 rings (SSSR count). The molecular weight excluding hydrogens is 320 g/mol. The zero-order valence-electron chi connectivity index (χ0n) is 14.1. The Kier molecular flexibility index (Phi) is 6.83. The standard InChI is InChI=1S/C19H22N2O4/c1-24-15-9-11-16(12-10-15)25-13-5-8-17(22)21-18(19(20)23)14-6-3-2-4-7-14/h2-4,6-7,9-12,18H,5,8,13H2,1H3,(H2,20,23)(H,21,22). The molecule has 0 aliphatic heterocycles. The van der Waals surface area contributed by atoms with Gasteiger partial charge < -0.3 is 20.5 Å². The molecule has 0 aliphatic carbocycles. The van der Waals surface area contributed by atoms with Gasteiger partial charge in [-0.1, -0.05) is 30.3 Å². The summed E-state index contributed by atoms with van der Waals surface area (Å²) in [4.78, 5) is 23.6. The number of ether oxygens (including phenoxy) is 2. The van der Waals surface area contributed by atoms with Crippen LogP contribution < -0.4 is 20.5 Å². The van der Waals surface area contributed by atoms with Gasteiger partial charge in [0.05, 0.1) is 13.7 Å². The van der Waals surface area contributed by atoms with Crippen LogP contribution in [0.5, 0.6) is 11.5 Å². The van der Waals surface area contributed by atoms with Crippen LogP contribution in [-0.4, -0.2) is 25.5 Å². The third kappa shape index (κ3) is 5.84. The molecule has 2 amide bonds. The maximum absolute atomic E-state index is 12.0. The molecular formula is C19H22N2O4. The van der Waals surface area contributed by atoms with E-state index in [-0.39, 0.29) is 12.3 Å². The molecule has 0 fully saturated rings. The number of nitrogens with two attached hydrogens (primary N) is 1. The Bertz CT molecular complexity index is 686. The van der Waals surface area contributed by atoms with Crippen LogP contribution in [0.15, 0.2) is 54.6 Å². The van der Waals surface area contributed by atoms with Crippen LogP contribution in [0.2, 0.25) is 0 Å². The highest BCUT2D eigenvalue weighted by atomic mass is 16.5. The minimum absolute atomic E-state index is 0.243. The summed E-state index contributed by atoms with van der Waals surface area (Å²) in [5.41, 5.74) is 6.05. The lowest BCUT2D eigenvalue weighted by atomic mass is 10.1. The van der Waals surface area contributed by atoms with E-state index >= 15 is 0 Å². The van der Waals surface area contributed by atoms with Gasteiger partial charge in [-0.2, -0.15) is 0 Å². The number of nitrogens with one attached hydrogen (secondary N) is 1. The normalized spacial score (nSPS) is 11.4. The SMILES string of the molecule is COc1ccc(OCCCC(=O)NC(C(N)=O)c2ccccc2)cc1. The van der Waals surface area contributed by atoms with Crippen molar-refractivity contribution in [1.82, 2.24) is 5.32 Å². The largest absolute Gasteiger partial charge is 0.497 e. The summed E-state index contributed by atoms with van der Waals surface area (Å²) in [7, 11) is 1.60. The molecule has 6 nitrogen and oxygen atoms in total. The number of carbonyl (C=O) groups excluding carboxylic acids is 2. The third-order valence-electron chi connectivity index (χ3n) is 3.60. The fraction of sp³-hybridized carbons (Fsp3) is 0.263. The van der Waals surface area contributed by atoms with Crippen molar-refractivity contribution in [2.24, 2.45) is 5.73 Å². The zero-order chi connectivity index (χ0) is 18.1. The molecule has 6 heteroatoms. The number of hydrogen-bond donors (Lipinski definition) is 2. The van der Waals surface area contributed by atoms with Crippen LogP contribution in [0.1, 0.15) is 24.4 Å². The Morgan fingerprint density at radius 3 is 2.28 bits per heavy atom. The van der Waals surface area contributed by atoms with Gasteiger partial charge in [0.25, 0.3) is 0 Å². The highest BCUT2D eigenvalue weighted by Gasteiger charge is 2.19. The summed E-state index contributed by atoms with van der Waals surface area (Å²) in [5.74, 6) is 0.630. The number of methoxy groups -OCH3 is 1. The number of hydrogen-bond acceptors (Lipinski definition) is 4. The number of rotatable bonds is 9. The van der Waals surface area contributed by atoms with E-state index in [9.17, 15) is 9.59 Å². The van der Waals surface area contributed by atoms with Gasteiger partial charge in [0, 0.05) is 6.42 Å². The van der Waals surface area contributed by atoms with Crippen LogP contribution in [0, 0.1) is 0 Å². The van der Waals surface area contributed by atoms with Crippen LogP contribution in [0.25, 0.3) is 0 Å². The van der Waals surface area contributed by atoms with Gasteiger partial charge in [-0.05, 0) is 36.2 Å². The lowest BCUT2D eigenvalue weighted by molar-refractivity contribution is -0.127. The van der Waals surface area contributed by atoms with Crippen molar-refractivity contribution in [3.05, 3.63) is 60.2 Å². The molecule has 0 saturated carbocycles. The third-order valence-corrected chi connectivity index (χ3v) is 3.60. The van der Waals surface area contributed by atoms with Gasteiger partial charge in [0.2, 0.25) is 11.8 Å². The van der Waals surface area contributed by atoms with E-state index in [0.29, 0.717) is 24.3 Å². The molecule has 25 heavy (non-hydrogen) atoms. The van der Waals surface area contributed by atoms with Crippen molar-refractivity contribution in [3.63, 3.8) is 0 Å². The Morgan fingerprint density at radius 1 is 1.04 bits per heavy atom. The van der Waals surface area contributed by atoms with E-state index in [1.807, 2.05) is 6.07 Å². The average molecular weight is 342 g/mol. The fourth-order valence-electron chi connectivity index (χ4n) is 2.29. The summed E-state index contributed by atoms with van der Waals surface area (Å²) >= 11 is 0. The van der Waals surface area contributed by atoms with Crippen LogP contribution in [0.4, 0.5) is 0 Å². The maximum atomic E-state index is 12.0. The van der Waals surface area contributed by atoms with E-state index in [1.165, 1.54) is 0 Å². The molecule has 1 atom stereocenters. The van der Waals surface area contributed by atoms with Crippen LogP contribution in [-0.2, 0) is 9.59 Å². The summed E-state index contributed by atoms with van der Waals surface area (Å²) in [5, 5.41) is 2.66. The lowest BCUT2D eigenvalue weighted by Gasteiger charge is -2.16. The molecule has 3 N–H and O–H groups in total. The predicted octanol–water partition coefficient (Wildman–Crippen LogP) is 2.20. The smallest absolute Gasteiger partial charge is 0.244 e. The Hall–Kier alpha value is -3.02. The second-order valence-corrected chi connectivity index (χ2v) is 5.44. The van der Waals surface area contributed by atoms with Gasteiger partial charge in [0.1, 0.15) is 17.5 Å². The average Bonchev–Trinajstić information content (AvgIpc) is 2.64. The van der Waals surface area contributed by atoms with Crippen molar-refractivity contribution in [1.29, 1.82) is 0 Å². The molecule has 0 bridgehead atoms. The van der Waals surface area contributed by atoms with Gasteiger partial charge >= 0.3 is 0 Å². The molecule has 0 aromatic heterocycles. The van der Waals surface area contributed by atoms with Gasteiger partial charge in [-0.3, -0.25) is 9.59 Å². The number of amides is 2. The van der Waals surface area contributed by atoms with Crippen LogP contribution >= 0.6 is 0 Å². The summed E-state index contributed by atoms with van der Waals surface area (Å²) in [6.07, 6.45) is 0.769. The van der Waals surface area contributed by atoms with Crippen molar-refractivity contribution in [2.75, 3.05) is 13.7 Å². The number of primary amides is 1. The van der Waals surface area contributed by atoms with E-state index in [2.05, 4.69) is 5.32 Å². The Balaban J connectivity index is 1.76. The van der Waals surface area contributed by atoms with Crippen molar-refractivity contribution >= 4 is 11.8 Å². The minimum Gasteiger partial charge on any atom is -0.497 e. The van der Waals surface area contributed by atoms with Crippen LogP contribution in [0.3, 0.4) is 0 Å². The molecule has 0 saturated heterocycles. The Labute approximate surface area is 146 Å². The van der Waals surface area contributed by atoms with E-state index in [0.717, 1.165) is 5.75 Å². The predicted molar refractivity (Wildman–Crippen MR) is 94.2 cm³/mol. The summed E-state index contributed by atoms with van der Waals surface area (Å²) < 4.78 is 10.6. The first-order valence-electron chi connectivity index (χ1n) is 8.00. The first-order valence-corrected chi connectivity index (χ1v) is 8.00. The first-order chi connectivity index (χ1) is 12.1. The molecule has 2 aromatic rings. The topological polar surface area (TPSA) is 90.7 Å². The van der Waals surface area contributed by atoms with Crippen molar-refractivity contribution in [3.8, 4) is 11.5 Å². The first kappa shape index (κ1) is 18.3. The lowest BCUT2D eigenvalue weighted by Crippen LogP contribution is -2.37. The Morgan fingerprint density at radius 2 is 1.68 bits per heavy atom. The highest BCUT2D eigenvalue weighted by molar-refractivity contribution is 5.87. The molecule has 0 heterocycles. The quantitative estimate of drug-likeness (QED) is 0.684. The molecule has 0 spiro atoms. The zero-order valence-corrected chi connectivity index (χ0v) is 14.1. The van der Waals surface area contributed by atoms with Gasteiger partial charge in [0.15, 0.2) is 0 Å². The monoisotopic (exact) mass is 342 g/mol. The molecule has 0 radical (unpaired) electrons. The molecule has 1 unspecified atom stereocenters. The number of benzene rings is 2. The highest BCUT2D eigenvalue weighted by Crippen LogP contribution is 2.17. The summed E-state index contributed by atoms with van der Waals surface area (Å²) in [6.45, 7) is 0.395. The van der Waals surface area contributed by atoms with E-state index < -0.39 is 11.9 Å². The van der Waals surface area contributed by atoms with E-state index in [1.54, 1.807) is 55.6 Å². The van der Waals surface area contributed by atoms with E-state index in [4.69, 9.17) is 15.2 Å². The number of carbonyl (C=O) groups is 2. The van der Waals surface area contributed by atoms with Gasteiger partial charge in [-0.25, -0.2) is 0 Å². The second kappa shape index (κ2) is 9.32. The molecule has 0 aliphatic rings. The van der Waals surface area contributed by atoms with Crippen molar-refractivity contribution < 1.29 is 19.1 Å². The molecule has 132 valence electrons. The minimum atomic E-state index is -0.823. The van der Waals surface area contributed by atoms with Gasteiger partial charge in [-0.15, -0.1) is 0 Å². The van der Waals surface area contributed by atoms with Crippen molar-refractivity contribution in [2.45, 2.75) is 18.9 Å². The fourth-order valence-corrected chi connectivity index (χ4v) is 2.29. The summed E-state index contributed by atoms with van der Waals surface area (Å²) in [6, 6.07) is 15.3. The maximum Gasteiger partial charge on any atom is 0.244 e. The molecule has 2 aromatic carbocycles.